The fourth-order valence-corrected chi connectivity index (χ4v) is 3.03. The molecule has 2 saturated heterocycles. The molecular formula is C15H20N2O3. The van der Waals surface area contributed by atoms with Crippen LogP contribution in [-0.2, 0) is 0 Å². The predicted octanol–water partition coefficient (Wildman–Crippen LogP) is 0.948. The minimum Gasteiger partial charge on any atom is -0.478 e. The molecule has 2 heterocycles. The van der Waals surface area contributed by atoms with Gasteiger partial charge in [0.15, 0.2) is 0 Å². The molecule has 0 bridgehead atoms. The van der Waals surface area contributed by atoms with Crippen LogP contribution in [0.15, 0.2) is 18.2 Å². The maximum absolute atomic E-state index is 11.2. The Morgan fingerprint density at radius 3 is 2.65 bits per heavy atom. The second-order valence-electron chi connectivity index (χ2n) is 5.80. The summed E-state index contributed by atoms with van der Waals surface area (Å²) >= 11 is 0. The molecule has 5 heteroatoms. The zero-order chi connectivity index (χ0) is 14.3. The van der Waals surface area contributed by atoms with E-state index in [2.05, 4.69) is 9.80 Å². The van der Waals surface area contributed by atoms with Crippen molar-refractivity contribution in [2.45, 2.75) is 25.5 Å². The van der Waals surface area contributed by atoms with E-state index in [0.717, 1.165) is 43.9 Å². The Hall–Kier alpha value is -1.59. The highest BCUT2D eigenvalue weighted by molar-refractivity contribution is 5.90. The van der Waals surface area contributed by atoms with E-state index in [1.54, 1.807) is 6.07 Å². The van der Waals surface area contributed by atoms with Gasteiger partial charge in [0.1, 0.15) is 0 Å². The van der Waals surface area contributed by atoms with Gasteiger partial charge in [-0.25, -0.2) is 4.79 Å². The third-order valence-electron chi connectivity index (χ3n) is 4.39. The number of benzene rings is 1. The highest BCUT2D eigenvalue weighted by Crippen LogP contribution is 2.27. The van der Waals surface area contributed by atoms with Crippen LogP contribution in [-0.4, -0.2) is 59.4 Å². The number of aliphatic hydroxyl groups is 1. The normalized spacial score (nSPS) is 23.9. The lowest BCUT2D eigenvalue weighted by Gasteiger charge is -2.45. The van der Waals surface area contributed by atoms with Crippen molar-refractivity contribution in [3.8, 4) is 0 Å². The fraction of sp³-hybridized carbons (Fsp3) is 0.533. The van der Waals surface area contributed by atoms with Crippen LogP contribution >= 0.6 is 0 Å². The second-order valence-corrected chi connectivity index (χ2v) is 5.80. The maximum atomic E-state index is 11.2. The van der Waals surface area contributed by atoms with Gasteiger partial charge >= 0.3 is 5.97 Å². The number of aromatic carboxylic acids is 1. The molecule has 1 aromatic rings. The summed E-state index contributed by atoms with van der Waals surface area (Å²) in [7, 11) is 0. The summed E-state index contributed by atoms with van der Waals surface area (Å²) in [5, 5.41) is 18.7. The Labute approximate surface area is 118 Å². The number of carbonyl (C=O) groups is 1. The summed E-state index contributed by atoms with van der Waals surface area (Å²) in [4.78, 5) is 15.7. The number of hydrogen-bond acceptors (Lipinski definition) is 4. The van der Waals surface area contributed by atoms with Gasteiger partial charge in [-0.3, -0.25) is 4.90 Å². The summed E-state index contributed by atoms with van der Waals surface area (Å²) < 4.78 is 0. The Balaban J connectivity index is 1.65. The first-order valence-electron chi connectivity index (χ1n) is 7.05. The van der Waals surface area contributed by atoms with Gasteiger partial charge < -0.3 is 15.1 Å². The molecule has 0 saturated carbocycles. The number of nitrogens with zero attached hydrogens (tertiary/aromatic N) is 2. The monoisotopic (exact) mass is 276 g/mol. The van der Waals surface area contributed by atoms with Gasteiger partial charge in [0.25, 0.3) is 0 Å². The quantitative estimate of drug-likeness (QED) is 0.860. The molecular weight excluding hydrogens is 256 g/mol. The molecule has 5 nitrogen and oxygen atoms in total. The summed E-state index contributed by atoms with van der Waals surface area (Å²) in [6.45, 7) is 5.38. The van der Waals surface area contributed by atoms with Crippen LogP contribution in [0.5, 0.6) is 0 Å². The van der Waals surface area contributed by atoms with Crippen molar-refractivity contribution in [1.29, 1.82) is 0 Å². The van der Waals surface area contributed by atoms with Crippen molar-refractivity contribution in [3.63, 3.8) is 0 Å². The van der Waals surface area contributed by atoms with Crippen molar-refractivity contribution in [3.05, 3.63) is 29.3 Å². The average molecular weight is 276 g/mol. The van der Waals surface area contributed by atoms with Crippen LogP contribution in [0.25, 0.3) is 0 Å². The lowest BCUT2D eigenvalue weighted by atomic mass is 10.0. The van der Waals surface area contributed by atoms with Crippen LogP contribution in [0, 0.1) is 6.92 Å². The van der Waals surface area contributed by atoms with Crippen LogP contribution in [0.4, 0.5) is 5.69 Å². The molecule has 2 fully saturated rings. The predicted molar refractivity (Wildman–Crippen MR) is 76.3 cm³/mol. The van der Waals surface area contributed by atoms with E-state index < -0.39 is 5.97 Å². The molecule has 2 aliphatic heterocycles. The molecule has 0 aromatic heterocycles. The summed E-state index contributed by atoms with van der Waals surface area (Å²) in [5.41, 5.74) is 2.15. The summed E-state index contributed by atoms with van der Waals surface area (Å²) in [5.74, 6) is -0.871. The molecule has 3 rings (SSSR count). The summed E-state index contributed by atoms with van der Waals surface area (Å²) in [6.07, 6.45) is 0.687. The first-order chi connectivity index (χ1) is 9.54. The zero-order valence-electron chi connectivity index (χ0n) is 11.6. The topological polar surface area (TPSA) is 64.0 Å². The Morgan fingerprint density at radius 1 is 1.30 bits per heavy atom. The van der Waals surface area contributed by atoms with E-state index in [1.165, 1.54) is 0 Å². The maximum Gasteiger partial charge on any atom is 0.336 e. The highest BCUT2D eigenvalue weighted by Gasteiger charge is 2.35. The molecule has 108 valence electrons. The highest BCUT2D eigenvalue weighted by atomic mass is 16.4. The van der Waals surface area contributed by atoms with E-state index in [1.807, 2.05) is 19.1 Å². The van der Waals surface area contributed by atoms with Crippen LogP contribution in [0.2, 0.25) is 0 Å². The average Bonchev–Trinajstić information content (AvgIpc) is 2.75. The minimum absolute atomic E-state index is 0.179. The van der Waals surface area contributed by atoms with E-state index in [0.29, 0.717) is 11.6 Å². The lowest BCUT2D eigenvalue weighted by Crippen LogP contribution is -2.59. The van der Waals surface area contributed by atoms with Gasteiger partial charge in [-0.05, 0) is 31.0 Å². The Kier molecular flexibility index (Phi) is 3.40. The largest absolute Gasteiger partial charge is 0.478 e. The van der Waals surface area contributed by atoms with Gasteiger partial charge in [0, 0.05) is 37.9 Å². The number of hydrogen-bond donors (Lipinski definition) is 2. The fourth-order valence-electron chi connectivity index (χ4n) is 3.03. The van der Waals surface area contributed by atoms with Crippen molar-refractivity contribution < 1.29 is 15.0 Å². The minimum atomic E-state index is -0.871. The molecule has 0 spiro atoms. The number of carboxylic acid groups (broad SMARTS) is 1. The molecule has 2 N–H and O–H groups in total. The number of aliphatic hydroxyl groups excluding tert-OH is 1. The van der Waals surface area contributed by atoms with Gasteiger partial charge in [-0.2, -0.15) is 0 Å². The first kappa shape index (κ1) is 13.4. The molecule has 2 aliphatic rings. The van der Waals surface area contributed by atoms with E-state index >= 15 is 0 Å². The van der Waals surface area contributed by atoms with Crippen molar-refractivity contribution in [2.24, 2.45) is 0 Å². The molecule has 0 aliphatic carbocycles. The van der Waals surface area contributed by atoms with Gasteiger partial charge in [0.2, 0.25) is 0 Å². The molecule has 1 atom stereocenters. The Morgan fingerprint density at radius 2 is 2.05 bits per heavy atom. The van der Waals surface area contributed by atoms with E-state index in [9.17, 15) is 9.90 Å². The molecule has 1 aromatic carbocycles. The smallest absolute Gasteiger partial charge is 0.336 e. The Bertz CT molecular complexity index is 526. The van der Waals surface area contributed by atoms with Gasteiger partial charge in [-0.15, -0.1) is 0 Å². The number of likely N-dealkylation sites (tertiary alicyclic amines) is 1. The van der Waals surface area contributed by atoms with Crippen LogP contribution in [0.1, 0.15) is 22.3 Å². The molecule has 0 amide bonds. The molecule has 1 unspecified atom stereocenters. The number of aryl methyl sites for hydroxylation is 1. The second kappa shape index (κ2) is 5.07. The van der Waals surface area contributed by atoms with E-state index in [-0.39, 0.29) is 6.10 Å². The van der Waals surface area contributed by atoms with Crippen LogP contribution in [0.3, 0.4) is 0 Å². The lowest BCUT2D eigenvalue weighted by molar-refractivity contribution is 0.0696. The van der Waals surface area contributed by atoms with Crippen LogP contribution < -0.4 is 4.90 Å². The number of rotatable bonds is 3. The van der Waals surface area contributed by atoms with Crippen molar-refractivity contribution in [1.82, 2.24) is 4.90 Å². The van der Waals surface area contributed by atoms with Crippen molar-refractivity contribution >= 4 is 11.7 Å². The standard InChI is InChI=1S/C15H20N2O3/c1-10-2-3-11(6-14(10)15(19)20)17-7-12(8-17)16-5-4-13(18)9-16/h2-3,6,12-13,18H,4-5,7-9H2,1H3,(H,19,20). The SMILES string of the molecule is Cc1ccc(N2CC(N3CCC(O)C3)C2)cc1C(=O)O. The first-order valence-corrected chi connectivity index (χ1v) is 7.05. The van der Waals surface area contributed by atoms with E-state index in [4.69, 9.17) is 5.11 Å². The number of β-amino-alcohol motifs (C(OH)–C–C–N with tert-alkyl or cyclic N) is 1. The third-order valence-corrected chi connectivity index (χ3v) is 4.39. The van der Waals surface area contributed by atoms with Crippen molar-refractivity contribution in [2.75, 3.05) is 31.1 Å². The number of carboxylic acids is 1. The summed E-state index contributed by atoms with van der Waals surface area (Å²) in [6, 6.07) is 6.09. The molecule has 20 heavy (non-hydrogen) atoms. The zero-order valence-corrected chi connectivity index (χ0v) is 11.6. The molecule has 0 radical (unpaired) electrons. The van der Waals surface area contributed by atoms with Gasteiger partial charge in [0.05, 0.1) is 11.7 Å². The third kappa shape index (κ3) is 2.39. The number of anilines is 1. The van der Waals surface area contributed by atoms with Gasteiger partial charge in [-0.1, -0.05) is 6.07 Å².